The molecule has 0 radical (unpaired) electrons. The quantitative estimate of drug-likeness (QED) is 0.921. The highest BCUT2D eigenvalue weighted by Crippen LogP contribution is 2.47. The molecule has 4 rings (SSSR count). The second kappa shape index (κ2) is 5.14. The van der Waals surface area contributed by atoms with Gasteiger partial charge in [0.05, 0.1) is 0 Å². The molecule has 3 saturated carbocycles. The van der Waals surface area contributed by atoms with Gasteiger partial charge in [-0.15, -0.1) is 10.2 Å². The Labute approximate surface area is 120 Å². The Hall–Kier alpha value is -0.900. The fraction of sp³-hybridized carbons (Fsp3) is 0.875. The van der Waals surface area contributed by atoms with Crippen LogP contribution >= 0.6 is 0 Å². The molecule has 3 aliphatic rings. The number of nitrogens with zero attached hydrogens (tertiary/aromatic N) is 3. The minimum Gasteiger partial charge on any atom is -0.388 e. The van der Waals surface area contributed by atoms with Gasteiger partial charge in [0.25, 0.3) is 0 Å². The molecule has 0 saturated heterocycles. The first kappa shape index (κ1) is 12.8. The smallest absolute Gasteiger partial charge is 0.159 e. The van der Waals surface area contributed by atoms with Crippen molar-refractivity contribution in [2.45, 2.75) is 76.4 Å². The van der Waals surface area contributed by atoms with Gasteiger partial charge in [0, 0.05) is 12.0 Å². The van der Waals surface area contributed by atoms with Gasteiger partial charge in [-0.1, -0.05) is 25.7 Å². The molecule has 1 aromatic rings. The van der Waals surface area contributed by atoms with Gasteiger partial charge in [-0.05, 0) is 43.9 Å². The predicted octanol–water partition coefficient (Wildman–Crippen LogP) is 3.18. The molecule has 1 aromatic heterocycles. The van der Waals surface area contributed by atoms with Crippen molar-refractivity contribution < 1.29 is 5.11 Å². The number of aromatic nitrogens is 3. The fourth-order valence-corrected chi connectivity index (χ4v) is 4.56. The number of aliphatic hydroxyl groups excluding tert-OH is 1. The first-order valence-corrected chi connectivity index (χ1v) is 8.41. The number of aliphatic hydroxyl groups is 1. The van der Waals surface area contributed by atoms with E-state index in [9.17, 15) is 5.11 Å². The van der Waals surface area contributed by atoms with Gasteiger partial charge < -0.3 is 9.67 Å². The van der Waals surface area contributed by atoms with E-state index < -0.39 is 0 Å². The van der Waals surface area contributed by atoms with Crippen molar-refractivity contribution in [3.8, 4) is 0 Å². The Morgan fingerprint density at radius 3 is 2.50 bits per heavy atom. The zero-order valence-electron chi connectivity index (χ0n) is 12.2. The molecule has 1 heterocycles. The molecule has 4 nitrogen and oxygen atoms in total. The number of rotatable bonds is 3. The van der Waals surface area contributed by atoms with Crippen molar-refractivity contribution in [1.29, 1.82) is 0 Å². The molecule has 0 spiro atoms. The molecule has 1 N–H and O–H groups in total. The molecule has 4 heteroatoms. The second-order valence-corrected chi connectivity index (χ2v) is 7.05. The topological polar surface area (TPSA) is 50.9 Å². The molecule has 3 fully saturated rings. The van der Waals surface area contributed by atoms with Crippen LogP contribution in [0.3, 0.4) is 0 Å². The SMILES string of the molecule is OCc1nnc(C2CCC3CCCCC3C2)n1C1CC1. The van der Waals surface area contributed by atoms with Crippen molar-refractivity contribution in [2.24, 2.45) is 11.8 Å². The molecule has 0 amide bonds. The van der Waals surface area contributed by atoms with E-state index in [-0.39, 0.29) is 6.61 Å². The van der Waals surface area contributed by atoms with E-state index in [0.29, 0.717) is 12.0 Å². The van der Waals surface area contributed by atoms with E-state index in [1.54, 1.807) is 0 Å². The average Bonchev–Trinajstić information content (AvgIpc) is 3.25. The lowest BCUT2D eigenvalue weighted by molar-refractivity contribution is 0.151. The van der Waals surface area contributed by atoms with Crippen LogP contribution in [0.25, 0.3) is 0 Å². The Morgan fingerprint density at radius 1 is 0.950 bits per heavy atom. The summed E-state index contributed by atoms with van der Waals surface area (Å²) in [7, 11) is 0. The molecule has 3 unspecified atom stereocenters. The summed E-state index contributed by atoms with van der Waals surface area (Å²) in [5.41, 5.74) is 0. The molecule has 20 heavy (non-hydrogen) atoms. The highest BCUT2D eigenvalue weighted by atomic mass is 16.3. The van der Waals surface area contributed by atoms with E-state index in [1.165, 1.54) is 63.6 Å². The summed E-state index contributed by atoms with van der Waals surface area (Å²) < 4.78 is 2.27. The highest BCUT2D eigenvalue weighted by molar-refractivity contribution is 5.09. The summed E-state index contributed by atoms with van der Waals surface area (Å²) >= 11 is 0. The highest BCUT2D eigenvalue weighted by Gasteiger charge is 2.37. The zero-order valence-corrected chi connectivity index (χ0v) is 12.2. The largest absolute Gasteiger partial charge is 0.388 e. The molecular weight excluding hydrogens is 250 g/mol. The number of hydrogen-bond donors (Lipinski definition) is 1. The van der Waals surface area contributed by atoms with Crippen LogP contribution in [0.5, 0.6) is 0 Å². The summed E-state index contributed by atoms with van der Waals surface area (Å²) in [5.74, 6) is 4.45. The predicted molar refractivity (Wildman–Crippen MR) is 76.3 cm³/mol. The molecule has 3 atom stereocenters. The Bertz CT molecular complexity index is 480. The second-order valence-electron chi connectivity index (χ2n) is 7.05. The average molecular weight is 275 g/mol. The van der Waals surface area contributed by atoms with Crippen LogP contribution in [0, 0.1) is 11.8 Å². The van der Waals surface area contributed by atoms with Crippen LogP contribution in [0.4, 0.5) is 0 Å². The van der Waals surface area contributed by atoms with Gasteiger partial charge in [-0.3, -0.25) is 0 Å². The Kier molecular flexibility index (Phi) is 3.29. The Balaban J connectivity index is 1.57. The van der Waals surface area contributed by atoms with Gasteiger partial charge in [-0.2, -0.15) is 0 Å². The lowest BCUT2D eigenvalue weighted by Crippen LogP contribution is -2.28. The third-order valence-corrected chi connectivity index (χ3v) is 5.75. The summed E-state index contributed by atoms with van der Waals surface area (Å²) in [5, 5.41) is 18.2. The van der Waals surface area contributed by atoms with Crippen LogP contribution < -0.4 is 0 Å². The Morgan fingerprint density at radius 2 is 1.75 bits per heavy atom. The van der Waals surface area contributed by atoms with Crippen LogP contribution in [-0.2, 0) is 6.61 Å². The van der Waals surface area contributed by atoms with Gasteiger partial charge in [0.2, 0.25) is 0 Å². The first-order chi connectivity index (χ1) is 9.86. The molecule has 110 valence electrons. The van der Waals surface area contributed by atoms with E-state index in [1.807, 2.05) is 0 Å². The minimum absolute atomic E-state index is 0.0300. The van der Waals surface area contributed by atoms with Gasteiger partial charge >= 0.3 is 0 Å². The van der Waals surface area contributed by atoms with E-state index >= 15 is 0 Å². The lowest BCUT2D eigenvalue weighted by atomic mass is 9.67. The van der Waals surface area contributed by atoms with E-state index in [0.717, 1.165) is 17.7 Å². The maximum atomic E-state index is 9.47. The van der Waals surface area contributed by atoms with Gasteiger partial charge in [-0.25, -0.2) is 0 Å². The summed E-state index contributed by atoms with van der Waals surface area (Å²) in [6.07, 6.45) is 12.2. The van der Waals surface area contributed by atoms with Crippen LogP contribution in [0.2, 0.25) is 0 Å². The van der Waals surface area contributed by atoms with Gasteiger partial charge in [0.1, 0.15) is 12.4 Å². The van der Waals surface area contributed by atoms with Crippen LogP contribution in [-0.4, -0.2) is 19.9 Å². The normalized spacial score (nSPS) is 34.0. The molecule has 0 bridgehead atoms. The van der Waals surface area contributed by atoms with Crippen molar-refractivity contribution >= 4 is 0 Å². The maximum Gasteiger partial charge on any atom is 0.159 e. The molecular formula is C16H25N3O. The monoisotopic (exact) mass is 275 g/mol. The van der Waals surface area contributed by atoms with Crippen LogP contribution in [0.1, 0.15) is 81.4 Å². The lowest BCUT2D eigenvalue weighted by Gasteiger charge is -2.39. The molecule has 0 aliphatic heterocycles. The van der Waals surface area contributed by atoms with Crippen molar-refractivity contribution in [3.63, 3.8) is 0 Å². The third-order valence-electron chi connectivity index (χ3n) is 5.75. The molecule has 3 aliphatic carbocycles. The zero-order chi connectivity index (χ0) is 13.5. The van der Waals surface area contributed by atoms with E-state index in [2.05, 4.69) is 14.8 Å². The maximum absolute atomic E-state index is 9.47. The van der Waals surface area contributed by atoms with Crippen LogP contribution in [0.15, 0.2) is 0 Å². The number of hydrogen-bond acceptors (Lipinski definition) is 3. The van der Waals surface area contributed by atoms with Crippen molar-refractivity contribution in [1.82, 2.24) is 14.8 Å². The molecule has 0 aromatic carbocycles. The first-order valence-electron chi connectivity index (χ1n) is 8.41. The van der Waals surface area contributed by atoms with E-state index in [4.69, 9.17) is 0 Å². The number of fused-ring (bicyclic) bond motifs is 1. The third kappa shape index (κ3) is 2.18. The van der Waals surface area contributed by atoms with Crippen molar-refractivity contribution in [2.75, 3.05) is 0 Å². The summed E-state index contributed by atoms with van der Waals surface area (Å²) in [6.45, 7) is 0.0300. The summed E-state index contributed by atoms with van der Waals surface area (Å²) in [4.78, 5) is 0. The van der Waals surface area contributed by atoms with Gasteiger partial charge in [0.15, 0.2) is 5.82 Å². The fourth-order valence-electron chi connectivity index (χ4n) is 4.56. The minimum atomic E-state index is 0.0300. The standard InChI is InChI=1S/C16H25N3O/c20-10-15-17-18-16(19(15)14-7-8-14)13-6-5-11-3-1-2-4-12(11)9-13/h11-14,20H,1-10H2. The van der Waals surface area contributed by atoms with Crippen molar-refractivity contribution in [3.05, 3.63) is 11.6 Å². The summed E-state index contributed by atoms with van der Waals surface area (Å²) in [6, 6.07) is 0.575.